The molecule has 1 aromatic heterocycles. The monoisotopic (exact) mass is 268 g/mol. The molecule has 0 unspecified atom stereocenters. The van der Waals surface area contributed by atoms with Crippen LogP contribution in [-0.2, 0) is 0 Å². The number of benzene rings is 1. The largest absolute Gasteiger partial charge is 0.398 e. The van der Waals surface area contributed by atoms with Gasteiger partial charge in [-0.25, -0.2) is 0 Å². The number of aryl methyl sites for hydroxylation is 1. The molecular weight excluding hydrogens is 260 g/mol. The maximum absolute atomic E-state index is 11.9. The highest BCUT2D eigenvalue weighted by atomic mass is 35.5. The summed E-state index contributed by atoms with van der Waals surface area (Å²) in [5, 5.41) is 11.9. The van der Waals surface area contributed by atoms with Crippen LogP contribution in [-0.4, -0.2) is 16.1 Å². The Hall–Kier alpha value is -1.66. The zero-order valence-electron chi connectivity index (χ0n) is 8.90. The summed E-state index contributed by atoms with van der Waals surface area (Å²) < 4.78 is 0. The van der Waals surface area contributed by atoms with Crippen molar-refractivity contribution in [2.24, 2.45) is 0 Å². The highest BCUT2D eigenvalue weighted by Crippen LogP contribution is 2.20. The van der Waals surface area contributed by atoms with E-state index in [1.54, 1.807) is 12.1 Å². The fraction of sp³-hybridized carbons (Fsp3) is 0.100. The first kappa shape index (κ1) is 11.8. The molecule has 17 heavy (non-hydrogen) atoms. The molecule has 0 spiro atoms. The summed E-state index contributed by atoms with van der Waals surface area (Å²) >= 11 is 7.05. The minimum absolute atomic E-state index is 0.324. The summed E-state index contributed by atoms with van der Waals surface area (Å²) in [6.45, 7) is 1.81. The molecule has 2 aromatic rings. The van der Waals surface area contributed by atoms with Crippen LogP contribution in [0.5, 0.6) is 0 Å². The Kier molecular flexibility index (Phi) is 3.26. The van der Waals surface area contributed by atoms with Crippen LogP contribution in [0.4, 0.5) is 10.8 Å². The van der Waals surface area contributed by atoms with Gasteiger partial charge in [0.15, 0.2) is 0 Å². The molecule has 0 fully saturated rings. The predicted octanol–water partition coefficient (Wildman–Crippen LogP) is 2.33. The van der Waals surface area contributed by atoms with Gasteiger partial charge >= 0.3 is 0 Å². The molecule has 7 heteroatoms. The van der Waals surface area contributed by atoms with Crippen molar-refractivity contribution in [3.8, 4) is 0 Å². The lowest BCUT2D eigenvalue weighted by molar-refractivity contribution is 0.102. The second-order valence-electron chi connectivity index (χ2n) is 3.31. The molecule has 0 aliphatic heterocycles. The van der Waals surface area contributed by atoms with Crippen LogP contribution in [0.1, 0.15) is 15.4 Å². The van der Waals surface area contributed by atoms with E-state index < -0.39 is 0 Å². The number of amides is 1. The van der Waals surface area contributed by atoms with Crippen molar-refractivity contribution in [1.29, 1.82) is 0 Å². The Labute approximate surface area is 107 Å². The summed E-state index contributed by atoms with van der Waals surface area (Å²) in [7, 11) is 0. The van der Waals surface area contributed by atoms with Crippen molar-refractivity contribution >= 4 is 39.7 Å². The summed E-state index contributed by atoms with van der Waals surface area (Å²) in [6, 6.07) is 4.71. The molecule has 1 heterocycles. The van der Waals surface area contributed by atoms with Gasteiger partial charge in [-0.2, -0.15) is 0 Å². The van der Waals surface area contributed by atoms with E-state index in [9.17, 15) is 4.79 Å². The number of aromatic nitrogens is 2. The molecule has 0 saturated heterocycles. The molecule has 0 bridgehead atoms. The zero-order valence-corrected chi connectivity index (χ0v) is 10.5. The summed E-state index contributed by atoms with van der Waals surface area (Å²) in [4.78, 5) is 11.9. The van der Waals surface area contributed by atoms with Crippen molar-refractivity contribution in [3.05, 3.63) is 33.8 Å². The third kappa shape index (κ3) is 2.72. The quantitative estimate of drug-likeness (QED) is 0.819. The lowest BCUT2D eigenvalue weighted by atomic mass is 10.2. The maximum Gasteiger partial charge on any atom is 0.259 e. The smallest absolute Gasteiger partial charge is 0.259 e. The normalized spacial score (nSPS) is 10.2. The number of nitrogens with one attached hydrogen (secondary N) is 1. The van der Waals surface area contributed by atoms with Gasteiger partial charge in [-0.1, -0.05) is 22.9 Å². The first-order valence-corrected chi connectivity index (χ1v) is 5.92. The molecule has 0 atom stereocenters. The van der Waals surface area contributed by atoms with Crippen LogP contribution in [0, 0.1) is 6.92 Å². The van der Waals surface area contributed by atoms with E-state index in [2.05, 4.69) is 15.5 Å². The van der Waals surface area contributed by atoms with Gasteiger partial charge in [0.1, 0.15) is 5.01 Å². The lowest BCUT2D eigenvalue weighted by Gasteiger charge is -2.04. The fourth-order valence-corrected chi connectivity index (χ4v) is 2.02. The van der Waals surface area contributed by atoms with Gasteiger partial charge in [0.05, 0.1) is 5.56 Å². The summed E-state index contributed by atoms with van der Waals surface area (Å²) in [5.41, 5.74) is 6.40. The second-order valence-corrected chi connectivity index (χ2v) is 4.93. The highest BCUT2D eigenvalue weighted by molar-refractivity contribution is 7.15. The number of anilines is 2. The van der Waals surface area contributed by atoms with E-state index in [4.69, 9.17) is 17.3 Å². The van der Waals surface area contributed by atoms with Gasteiger partial charge in [0.25, 0.3) is 5.91 Å². The summed E-state index contributed by atoms with van der Waals surface area (Å²) in [5.74, 6) is -0.324. The van der Waals surface area contributed by atoms with Crippen LogP contribution >= 0.6 is 22.9 Å². The molecule has 0 saturated carbocycles. The molecule has 0 aliphatic rings. The van der Waals surface area contributed by atoms with Gasteiger partial charge in [-0.15, -0.1) is 10.2 Å². The number of carbonyl (C=O) groups excluding carboxylic acids is 1. The predicted molar refractivity (Wildman–Crippen MR) is 68.5 cm³/mol. The molecule has 3 N–H and O–H groups in total. The first-order valence-electron chi connectivity index (χ1n) is 4.73. The SMILES string of the molecule is Cc1nnc(NC(=O)c2ccc(Cl)cc2N)s1. The number of carbonyl (C=O) groups is 1. The standard InChI is InChI=1S/C10H9ClN4OS/c1-5-14-15-10(17-5)13-9(16)7-3-2-6(11)4-8(7)12/h2-4H,12H2,1H3,(H,13,15,16). The van der Waals surface area contributed by atoms with Gasteiger partial charge in [-0.05, 0) is 25.1 Å². The Morgan fingerprint density at radius 2 is 2.24 bits per heavy atom. The van der Waals surface area contributed by atoms with E-state index >= 15 is 0 Å². The Morgan fingerprint density at radius 1 is 1.47 bits per heavy atom. The minimum Gasteiger partial charge on any atom is -0.398 e. The van der Waals surface area contributed by atoms with Crippen LogP contribution in [0.25, 0.3) is 0 Å². The van der Waals surface area contributed by atoms with Crippen molar-refractivity contribution in [1.82, 2.24) is 10.2 Å². The van der Waals surface area contributed by atoms with Crippen LogP contribution < -0.4 is 11.1 Å². The average Bonchev–Trinajstić information content (AvgIpc) is 2.63. The third-order valence-electron chi connectivity index (χ3n) is 2.00. The molecule has 1 aromatic carbocycles. The van der Waals surface area contributed by atoms with Gasteiger partial charge in [0.2, 0.25) is 5.13 Å². The number of hydrogen-bond acceptors (Lipinski definition) is 5. The van der Waals surface area contributed by atoms with E-state index in [1.165, 1.54) is 17.4 Å². The molecule has 0 radical (unpaired) electrons. The molecule has 0 aliphatic carbocycles. The molecule has 1 amide bonds. The minimum atomic E-state index is -0.324. The third-order valence-corrected chi connectivity index (χ3v) is 2.99. The topological polar surface area (TPSA) is 80.9 Å². The van der Waals surface area contributed by atoms with Crippen molar-refractivity contribution in [2.75, 3.05) is 11.1 Å². The average molecular weight is 269 g/mol. The first-order chi connectivity index (χ1) is 8.06. The van der Waals surface area contributed by atoms with Crippen LogP contribution in [0.3, 0.4) is 0 Å². The van der Waals surface area contributed by atoms with Gasteiger partial charge in [-0.3, -0.25) is 10.1 Å². The highest BCUT2D eigenvalue weighted by Gasteiger charge is 2.12. The molecule has 5 nitrogen and oxygen atoms in total. The Bertz CT molecular complexity index is 569. The number of rotatable bonds is 2. The number of hydrogen-bond donors (Lipinski definition) is 2. The van der Waals surface area contributed by atoms with Crippen LogP contribution in [0.15, 0.2) is 18.2 Å². The number of nitrogens with two attached hydrogens (primary N) is 1. The lowest BCUT2D eigenvalue weighted by Crippen LogP contribution is -2.13. The van der Waals surface area contributed by atoms with Crippen molar-refractivity contribution in [2.45, 2.75) is 6.92 Å². The second kappa shape index (κ2) is 4.68. The van der Waals surface area contributed by atoms with E-state index in [0.717, 1.165) is 5.01 Å². The summed E-state index contributed by atoms with van der Waals surface area (Å²) in [6.07, 6.45) is 0. The maximum atomic E-state index is 11.9. The van der Waals surface area contributed by atoms with Crippen LogP contribution in [0.2, 0.25) is 5.02 Å². The van der Waals surface area contributed by atoms with Crippen molar-refractivity contribution < 1.29 is 4.79 Å². The Balaban J connectivity index is 2.20. The van der Waals surface area contributed by atoms with Gasteiger partial charge < -0.3 is 5.73 Å². The molecular formula is C10H9ClN4OS. The van der Waals surface area contributed by atoms with E-state index in [0.29, 0.717) is 21.4 Å². The van der Waals surface area contributed by atoms with Gasteiger partial charge in [0, 0.05) is 10.7 Å². The number of nitrogens with zero attached hydrogens (tertiary/aromatic N) is 2. The molecule has 88 valence electrons. The number of halogens is 1. The van der Waals surface area contributed by atoms with Crippen molar-refractivity contribution in [3.63, 3.8) is 0 Å². The Morgan fingerprint density at radius 3 is 2.82 bits per heavy atom. The van der Waals surface area contributed by atoms with E-state index in [-0.39, 0.29) is 5.91 Å². The van der Waals surface area contributed by atoms with E-state index in [1.807, 2.05) is 6.92 Å². The zero-order chi connectivity index (χ0) is 12.4. The molecule has 2 rings (SSSR count). The number of nitrogen functional groups attached to an aromatic ring is 1. The fourth-order valence-electron chi connectivity index (χ4n) is 1.25.